The van der Waals surface area contributed by atoms with Gasteiger partial charge in [-0.1, -0.05) is 19.1 Å². The number of halogens is 1. The molecule has 0 saturated carbocycles. The maximum atomic E-state index is 8.62. The molecule has 0 aromatic heterocycles. The van der Waals surface area contributed by atoms with E-state index in [-0.39, 0.29) is 5.38 Å². The summed E-state index contributed by atoms with van der Waals surface area (Å²) in [6.07, 6.45) is 0.885. The molecule has 0 saturated heterocycles. The topological polar surface area (TPSA) is 23.8 Å². The van der Waals surface area contributed by atoms with Crippen LogP contribution in [0.4, 0.5) is 0 Å². The van der Waals surface area contributed by atoms with Crippen LogP contribution in [0.2, 0.25) is 0 Å². The van der Waals surface area contributed by atoms with Crippen LogP contribution in [0.1, 0.15) is 29.8 Å². The van der Waals surface area contributed by atoms with Crippen LogP contribution in [0.3, 0.4) is 0 Å². The molecule has 0 aliphatic carbocycles. The second-order valence-corrected chi connectivity index (χ2v) is 3.14. The van der Waals surface area contributed by atoms with Crippen molar-refractivity contribution in [2.24, 2.45) is 0 Å². The molecular formula is C10H10ClN. The van der Waals surface area contributed by atoms with Crippen LogP contribution in [0, 0.1) is 11.3 Å². The molecule has 62 valence electrons. The minimum Gasteiger partial charge on any atom is -0.192 e. The van der Waals surface area contributed by atoms with E-state index in [1.807, 2.05) is 25.1 Å². The van der Waals surface area contributed by atoms with Crippen molar-refractivity contribution in [2.45, 2.75) is 18.7 Å². The zero-order chi connectivity index (χ0) is 8.97. The van der Waals surface area contributed by atoms with Gasteiger partial charge in [0.25, 0.3) is 0 Å². The third-order valence-corrected chi connectivity index (χ3v) is 2.30. The van der Waals surface area contributed by atoms with Crippen molar-refractivity contribution >= 4 is 11.6 Å². The van der Waals surface area contributed by atoms with Crippen LogP contribution in [0.15, 0.2) is 24.3 Å². The number of alkyl halides is 1. The normalized spacial score (nSPS) is 12.1. The summed E-state index contributed by atoms with van der Waals surface area (Å²) < 4.78 is 0. The molecule has 2 heteroatoms. The second-order valence-electron chi connectivity index (χ2n) is 2.61. The van der Waals surface area contributed by atoms with Gasteiger partial charge in [-0.05, 0) is 24.1 Å². The average molecular weight is 180 g/mol. The van der Waals surface area contributed by atoms with Crippen LogP contribution in [-0.4, -0.2) is 0 Å². The van der Waals surface area contributed by atoms with Crippen LogP contribution in [-0.2, 0) is 0 Å². The van der Waals surface area contributed by atoms with Gasteiger partial charge in [-0.2, -0.15) is 5.26 Å². The van der Waals surface area contributed by atoms with Crippen molar-refractivity contribution in [3.63, 3.8) is 0 Å². The molecule has 0 amide bonds. The van der Waals surface area contributed by atoms with Gasteiger partial charge in [0.1, 0.15) is 0 Å². The zero-order valence-electron chi connectivity index (χ0n) is 6.92. The van der Waals surface area contributed by atoms with E-state index in [2.05, 4.69) is 6.07 Å². The minimum atomic E-state index is 0.0262. The number of rotatable bonds is 2. The number of nitrogens with zero attached hydrogens (tertiary/aromatic N) is 1. The van der Waals surface area contributed by atoms with E-state index in [9.17, 15) is 0 Å². The SMILES string of the molecule is CCC(Cl)c1cccc(C#N)c1. The summed E-state index contributed by atoms with van der Waals surface area (Å²) in [4.78, 5) is 0. The van der Waals surface area contributed by atoms with Gasteiger partial charge in [0, 0.05) is 0 Å². The predicted octanol–water partition coefficient (Wildman–Crippen LogP) is 3.25. The van der Waals surface area contributed by atoms with Gasteiger partial charge in [0.15, 0.2) is 0 Å². The van der Waals surface area contributed by atoms with Gasteiger partial charge < -0.3 is 0 Å². The van der Waals surface area contributed by atoms with Crippen molar-refractivity contribution in [3.8, 4) is 6.07 Å². The van der Waals surface area contributed by atoms with E-state index in [0.29, 0.717) is 5.56 Å². The molecule has 1 aromatic carbocycles. The standard InChI is InChI=1S/C10H10ClN/c1-2-10(11)9-5-3-4-8(6-9)7-12/h3-6,10H,2H2,1H3. The molecule has 0 N–H and O–H groups in total. The van der Waals surface area contributed by atoms with Crippen molar-refractivity contribution in [3.05, 3.63) is 35.4 Å². The second kappa shape index (κ2) is 4.13. The highest BCUT2D eigenvalue weighted by atomic mass is 35.5. The molecule has 0 aliphatic rings. The summed E-state index contributed by atoms with van der Waals surface area (Å²) in [6, 6.07) is 9.51. The Morgan fingerprint density at radius 1 is 1.58 bits per heavy atom. The highest BCUT2D eigenvalue weighted by Gasteiger charge is 2.04. The fourth-order valence-corrected chi connectivity index (χ4v) is 1.17. The van der Waals surface area contributed by atoms with Crippen LogP contribution >= 0.6 is 11.6 Å². The number of hydrogen-bond acceptors (Lipinski definition) is 1. The maximum absolute atomic E-state index is 8.62. The molecule has 1 rings (SSSR count). The maximum Gasteiger partial charge on any atom is 0.0991 e. The van der Waals surface area contributed by atoms with Gasteiger partial charge in [0.05, 0.1) is 17.0 Å². The highest BCUT2D eigenvalue weighted by molar-refractivity contribution is 6.20. The Balaban J connectivity index is 2.95. The Bertz CT molecular complexity index is 301. The molecule has 1 atom stereocenters. The van der Waals surface area contributed by atoms with Crippen LogP contribution in [0.5, 0.6) is 0 Å². The summed E-state index contributed by atoms with van der Waals surface area (Å²) in [6.45, 7) is 2.02. The Hall–Kier alpha value is -1.00. The molecule has 1 nitrogen and oxygen atoms in total. The summed E-state index contributed by atoms with van der Waals surface area (Å²) in [5.41, 5.74) is 1.70. The molecule has 0 radical (unpaired) electrons. The monoisotopic (exact) mass is 179 g/mol. The lowest BCUT2D eigenvalue weighted by Crippen LogP contribution is -1.88. The first-order valence-electron chi connectivity index (χ1n) is 3.92. The third kappa shape index (κ3) is 1.99. The van der Waals surface area contributed by atoms with Crippen molar-refractivity contribution < 1.29 is 0 Å². The number of nitriles is 1. The first kappa shape index (κ1) is 9.09. The van der Waals surface area contributed by atoms with Crippen molar-refractivity contribution in [1.29, 1.82) is 5.26 Å². The highest BCUT2D eigenvalue weighted by Crippen LogP contribution is 2.23. The third-order valence-electron chi connectivity index (χ3n) is 1.74. The van der Waals surface area contributed by atoms with Crippen LogP contribution < -0.4 is 0 Å². The lowest BCUT2D eigenvalue weighted by atomic mass is 10.1. The van der Waals surface area contributed by atoms with Crippen LogP contribution in [0.25, 0.3) is 0 Å². The molecule has 0 heterocycles. The number of benzene rings is 1. The zero-order valence-corrected chi connectivity index (χ0v) is 7.67. The molecule has 0 aliphatic heterocycles. The van der Waals surface area contributed by atoms with Gasteiger partial charge >= 0.3 is 0 Å². The summed E-state index contributed by atoms with van der Waals surface area (Å²) in [5.74, 6) is 0. The molecule has 0 bridgehead atoms. The predicted molar refractivity (Wildman–Crippen MR) is 50.0 cm³/mol. The Morgan fingerprint density at radius 3 is 2.92 bits per heavy atom. The van der Waals surface area contributed by atoms with E-state index < -0.39 is 0 Å². The first-order chi connectivity index (χ1) is 5.77. The number of hydrogen-bond donors (Lipinski definition) is 0. The lowest BCUT2D eigenvalue weighted by Gasteiger charge is -2.05. The largest absolute Gasteiger partial charge is 0.192 e. The van der Waals surface area contributed by atoms with E-state index in [1.54, 1.807) is 6.07 Å². The molecule has 1 aromatic rings. The van der Waals surface area contributed by atoms with Crippen molar-refractivity contribution in [2.75, 3.05) is 0 Å². The summed E-state index contributed by atoms with van der Waals surface area (Å²) in [5, 5.41) is 8.65. The first-order valence-corrected chi connectivity index (χ1v) is 4.35. The minimum absolute atomic E-state index is 0.0262. The molecule has 12 heavy (non-hydrogen) atoms. The summed E-state index contributed by atoms with van der Waals surface area (Å²) >= 11 is 6.01. The quantitative estimate of drug-likeness (QED) is 0.640. The smallest absolute Gasteiger partial charge is 0.0991 e. The molecule has 0 fully saturated rings. The lowest BCUT2D eigenvalue weighted by molar-refractivity contribution is 0.883. The van der Waals surface area contributed by atoms with Crippen molar-refractivity contribution in [1.82, 2.24) is 0 Å². The summed E-state index contributed by atoms with van der Waals surface area (Å²) in [7, 11) is 0. The Kier molecular flexibility index (Phi) is 3.13. The molecule has 1 unspecified atom stereocenters. The van der Waals surface area contributed by atoms with Gasteiger partial charge in [-0.15, -0.1) is 11.6 Å². The van der Waals surface area contributed by atoms with E-state index in [4.69, 9.17) is 16.9 Å². The van der Waals surface area contributed by atoms with Gasteiger partial charge in [0.2, 0.25) is 0 Å². The Labute approximate surface area is 77.6 Å². The Morgan fingerprint density at radius 2 is 2.33 bits per heavy atom. The fraction of sp³-hybridized carbons (Fsp3) is 0.300. The van der Waals surface area contributed by atoms with E-state index in [0.717, 1.165) is 12.0 Å². The molecule has 0 spiro atoms. The van der Waals surface area contributed by atoms with Gasteiger partial charge in [-0.25, -0.2) is 0 Å². The van der Waals surface area contributed by atoms with E-state index >= 15 is 0 Å². The fourth-order valence-electron chi connectivity index (χ4n) is 1.04. The van der Waals surface area contributed by atoms with E-state index in [1.165, 1.54) is 0 Å². The van der Waals surface area contributed by atoms with Gasteiger partial charge in [-0.3, -0.25) is 0 Å². The average Bonchev–Trinajstić information content (AvgIpc) is 2.17. The molecular weight excluding hydrogens is 170 g/mol.